The summed E-state index contributed by atoms with van der Waals surface area (Å²) in [4.78, 5) is 67.1. The van der Waals surface area contributed by atoms with Crippen LogP contribution in [0.2, 0.25) is 0 Å². The summed E-state index contributed by atoms with van der Waals surface area (Å²) in [5.74, 6) is -4.21. The second-order valence-corrected chi connectivity index (χ2v) is 18.2. The van der Waals surface area contributed by atoms with Crippen LogP contribution in [-0.2, 0) is 33.4 Å². The van der Waals surface area contributed by atoms with E-state index in [-0.39, 0.29) is 72.1 Å². The molecule has 1 amide bonds. The summed E-state index contributed by atoms with van der Waals surface area (Å²) in [6.07, 6.45) is 6.22. The third kappa shape index (κ3) is 6.34. The monoisotopic (exact) mass is 739 g/mol. The topological polar surface area (TPSA) is 177 Å². The van der Waals surface area contributed by atoms with Crippen molar-refractivity contribution in [2.24, 2.45) is 69.5 Å². The third-order valence-corrected chi connectivity index (χ3v) is 15.8. The Kier molecular flexibility index (Phi) is 11.0. The van der Waals surface area contributed by atoms with Crippen LogP contribution in [0.4, 0.5) is 0 Å². The molecule has 53 heavy (non-hydrogen) atoms. The van der Waals surface area contributed by atoms with Crippen LogP contribution >= 0.6 is 0 Å². The van der Waals surface area contributed by atoms with Crippen molar-refractivity contribution in [3.63, 3.8) is 0 Å². The molecule has 0 spiro atoms. The van der Waals surface area contributed by atoms with Gasteiger partial charge in [-0.1, -0.05) is 52.2 Å². The molecule has 0 aliphatic heterocycles. The number of fused-ring (bicyclic) bond motifs is 6. The Bertz CT molecular complexity index is 1570. The number of amides is 1. The molecule has 0 aromatic heterocycles. The largest absolute Gasteiger partial charge is 0.469 e. The van der Waals surface area contributed by atoms with Crippen molar-refractivity contribution < 1.29 is 48.8 Å². The summed E-state index contributed by atoms with van der Waals surface area (Å²) in [6.45, 7) is 12.0. The van der Waals surface area contributed by atoms with Crippen molar-refractivity contribution in [1.82, 2.24) is 5.32 Å². The quantitative estimate of drug-likeness (QED) is 0.229. The van der Waals surface area contributed by atoms with Gasteiger partial charge in [-0.2, -0.15) is 0 Å². The molecule has 0 heterocycles. The number of esters is 2. The molecule has 11 heteroatoms. The minimum absolute atomic E-state index is 0.00578. The number of aliphatic hydroxyl groups is 3. The van der Waals surface area contributed by atoms with Gasteiger partial charge < -0.3 is 30.1 Å². The molecule has 0 aromatic rings. The lowest BCUT2D eigenvalue weighted by Crippen LogP contribution is -2.65. The molecule has 0 radical (unpaired) electrons. The van der Waals surface area contributed by atoms with E-state index < -0.39 is 58.3 Å². The zero-order valence-corrected chi connectivity index (χ0v) is 32.6. The highest BCUT2D eigenvalue weighted by molar-refractivity contribution is 5.94. The second kappa shape index (κ2) is 14.6. The van der Waals surface area contributed by atoms with Crippen LogP contribution in [0.3, 0.4) is 0 Å². The van der Waals surface area contributed by atoms with Crippen LogP contribution < -0.4 is 5.32 Å². The summed E-state index contributed by atoms with van der Waals surface area (Å²) < 4.78 is 11.3. The van der Waals surface area contributed by atoms with Gasteiger partial charge >= 0.3 is 11.9 Å². The van der Waals surface area contributed by atoms with Gasteiger partial charge in [0.05, 0.1) is 19.1 Å². The first kappa shape index (κ1) is 39.8. The van der Waals surface area contributed by atoms with Gasteiger partial charge in [-0.25, -0.2) is 4.79 Å². The van der Waals surface area contributed by atoms with Crippen LogP contribution in [0.25, 0.3) is 0 Å². The molecule has 6 fully saturated rings. The Morgan fingerprint density at radius 1 is 0.830 bits per heavy atom. The molecular formula is C42H61NO10. The van der Waals surface area contributed by atoms with E-state index in [1.165, 1.54) is 13.2 Å². The zero-order chi connectivity index (χ0) is 38.8. The fourth-order valence-electron chi connectivity index (χ4n) is 13.3. The zero-order valence-electron chi connectivity index (χ0n) is 32.6. The van der Waals surface area contributed by atoms with E-state index in [9.17, 15) is 34.2 Å². The number of allylic oxidation sites excluding steroid dienone is 2. The van der Waals surface area contributed by atoms with Gasteiger partial charge in [0.25, 0.3) is 0 Å². The van der Waals surface area contributed by atoms with Crippen molar-refractivity contribution >= 4 is 29.4 Å². The number of carbonyl (C=O) groups is 5. The molecule has 6 rings (SSSR count). The lowest BCUT2D eigenvalue weighted by Gasteiger charge is -2.61. The number of methoxy groups -OCH3 is 1. The summed E-state index contributed by atoms with van der Waals surface area (Å²) in [7, 11) is 1.35. The Morgan fingerprint density at radius 3 is 2.02 bits per heavy atom. The number of aliphatic hydroxyl groups excluding tert-OH is 3. The predicted octanol–water partition coefficient (Wildman–Crippen LogP) is 4.11. The summed E-state index contributed by atoms with van der Waals surface area (Å²) in [5, 5.41) is 34.8. The first-order chi connectivity index (χ1) is 25.0. The summed E-state index contributed by atoms with van der Waals surface area (Å²) >= 11 is 0. The number of hydrogen-bond acceptors (Lipinski definition) is 10. The molecule has 6 aliphatic carbocycles. The molecule has 0 bridgehead atoms. The average molecular weight is 740 g/mol. The predicted molar refractivity (Wildman–Crippen MR) is 194 cm³/mol. The maximum absolute atomic E-state index is 14.0. The molecule has 6 saturated carbocycles. The Labute approximate surface area is 313 Å². The Hall–Kier alpha value is -2.89. The maximum Gasteiger partial charge on any atom is 0.330 e. The second-order valence-electron chi connectivity index (χ2n) is 18.2. The first-order valence-electron chi connectivity index (χ1n) is 20.0. The van der Waals surface area contributed by atoms with Crippen molar-refractivity contribution in [1.29, 1.82) is 0 Å². The van der Waals surface area contributed by atoms with Crippen LogP contribution in [0.1, 0.15) is 99.3 Å². The number of rotatable bonds is 6. The van der Waals surface area contributed by atoms with Gasteiger partial charge in [-0.05, 0) is 92.8 Å². The molecular weight excluding hydrogens is 678 g/mol. The Morgan fingerprint density at radius 2 is 1.42 bits per heavy atom. The van der Waals surface area contributed by atoms with Crippen molar-refractivity contribution in [2.75, 3.05) is 20.3 Å². The lowest BCUT2D eigenvalue weighted by atomic mass is 9.42. The lowest BCUT2D eigenvalue weighted by molar-refractivity contribution is -0.193. The molecule has 0 aromatic carbocycles. The van der Waals surface area contributed by atoms with E-state index in [0.717, 1.165) is 30.4 Å². The van der Waals surface area contributed by atoms with E-state index in [2.05, 4.69) is 19.2 Å². The normalized spacial score (nSPS) is 46.8. The van der Waals surface area contributed by atoms with E-state index in [4.69, 9.17) is 14.6 Å². The van der Waals surface area contributed by atoms with Gasteiger partial charge in [0.15, 0.2) is 11.6 Å². The SMILES string of the molecule is COC(=O)[C@@]1(C)CCC[C@@]2(C)[C@H]1C(=O)[C@H](O)[C@H]1[C@@H](C)/C(=C/C(=O)O[C@H]3CC[C@]4(C)[C@H]5CC/C(=C\C(=O)NCCO)[C@H](C)[C@@H]5[C@@H](O)C(=O)[C@H]4[C@@H]3C)CC[C@@H]12. The maximum atomic E-state index is 14.0. The highest BCUT2D eigenvalue weighted by Gasteiger charge is 2.66. The molecule has 15 atom stereocenters. The number of Topliss-reactive ketones (excluding diaryl/α,β-unsaturated/α-hetero) is 2. The Balaban J connectivity index is 1.16. The van der Waals surface area contributed by atoms with Crippen LogP contribution in [-0.4, -0.2) is 83.3 Å². The number of ketones is 2. The van der Waals surface area contributed by atoms with E-state index in [0.29, 0.717) is 38.5 Å². The molecule has 11 nitrogen and oxygen atoms in total. The number of carbonyl (C=O) groups excluding carboxylic acids is 5. The smallest absolute Gasteiger partial charge is 0.330 e. The average Bonchev–Trinajstić information content (AvgIpc) is 3.11. The molecule has 6 aliphatic rings. The van der Waals surface area contributed by atoms with Crippen LogP contribution in [0.5, 0.6) is 0 Å². The number of nitrogens with one attached hydrogen (secondary N) is 1. The van der Waals surface area contributed by atoms with Gasteiger partial charge in [0, 0.05) is 48.3 Å². The fraction of sp³-hybridized carbons (Fsp3) is 0.786. The number of ether oxygens (including phenoxy) is 2. The number of hydrogen-bond donors (Lipinski definition) is 4. The summed E-state index contributed by atoms with van der Waals surface area (Å²) in [6, 6.07) is 0. The van der Waals surface area contributed by atoms with Crippen LogP contribution in [0.15, 0.2) is 23.3 Å². The molecule has 4 N–H and O–H groups in total. The van der Waals surface area contributed by atoms with Crippen molar-refractivity contribution in [3.05, 3.63) is 23.3 Å². The van der Waals surface area contributed by atoms with Crippen LogP contribution in [0, 0.1) is 69.5 Å². The van der Waals surface area contributed by atoms with Gasteiger partial charge in [-0.15, -0.1) is 0 Å². The third-order valence-electron chi connectivity index (χ3n) is 15.8. The molecule has 294 valence electrons. The van der Waals surface area contributed by atoms with Gasteiger partial charge in [0.2, 0.25) is 5.91 Å². The van der Waals surface area contributed by atoms with E-state index in [1.54, 1.807) is 6.08 Å². The van der Waals surface area contributed by atoms with Crippen molar-refractivity contribution in [2.45, 2.75) is 118 Å². The van der Waals surface area contributed by atoms with Gasteiger partial charge in [-0.3, -0.25) is 19.2 Å². The van der Waals surface area contributed by atoms with E-state index in [1.807, 2.05) is 27.7 Å². The summed E-state index contributed by atoms with van der Waals surface area (Å²) in [5.41, 5.74) is -0.131. The first-order valence-corrected chi connectivity index (χ1v) is 20.0. The highest BCUT2D eigenvalue weighted by Crippen LogP contribution is 2.65. The minimum Gasteiger partial charge on any atom is -0.469 e. The molecule has 0 saturated heterocycles. The minimum atomic E-state index is -1.25. The van der Waals surface area contributed by atoms with Gasteiger partial charge in [0.1, 0.15) is 18.3 Å². The fourth-order valence-corrected chi connectivity index (χ4v) is 13.3. The standard InChI is InChI=1S/C42H61NO10/c1-21-24(19-29(45)43-17-18-44)9-11-26-31(21)34(47)36(49)33-23(3)28(13-16-40(26,33)4)53-30(46)20-25-10-12-27-32(22(25)2)35(48)37(50)38-41(27,5)14-8-15-42(38,6)39(51)52-7/h19-23,26-28,31-35,38,44,47-48H,8-18H2,1-7H3,(H,43,45)/b24-19+,25-20+/t21-,22-,23+,26-,27-,28-,31-,32-,33+,34+,35+,38+,40+,41+,42-/m0/s1. The van der Waals surface area contributed by atoms with Crippen molar-refractivity contribution in [3.8, 4) is 0 Å². The molecule has 0 unspecified atom stereocenters. The highest BCUT2D eigenvalue weighted by atomic mass is 16.5. The van der Waals surface area contributed by atoms with E-state index >= 15 is 0 Å².